The number of rotatable bonds is 7. The monoisotopic (exact) mass is 225 g/mol. The van der Waals surface area contributed by atoms with Crippen LogP contribution in [0.15, 0.2) is 12.4 Å². The predicted octanol–water partition coefficient (Wildman–Crippen LogP) is 1.31. The number of methoxy groups -OCH3 is 1. The Morgan fingerprint density at radius 1 is 1.50 bits per heavy atom. The highest BCUT2D eigenvalue weighted by atomic mass is 16.5. The Labute approximate surface area is 95.9 Å². The SMILES string of the molecule is COc1cc(NCCCC(C)CO)ncn1. The second kappa shape index (κ2) is 7.00. The number of ether oxygens (including phenoxy) is 1. The van der Waals surface area contributed by atoms with E-state index < -0.39 is 0 Å². The van der Waals surface area contributed by atoms with Gasteiger partial charge in [-0.25, -0.2) is 9.97 Å². The Morgan fingerprint density at radius 3 is 3.00 bits per heavy atom. The molecule has 90 valence electrons. The number of nitrogens with one attached hydrogen (secondary N) is 1. The van der Waals surface area contributed by atoms with Gasteiger partial charge in [0.2, 0.25) is 5.88 Å². The first-order valence-corrected chi connectivity index (χ1v) is 5.47. The summed E-state index contributed by atoms with van der Waals surface area (Å²) >= 11 is 0. The summed E-state index contributed by atoms with van der Waals surface area (Å²) < 4.78 is 4.99. The van der Waals surface area contributed by atoms with Crippen molar-refractivity contribution in [2.75, 3.05) is 25.6 Å². The van der Waals surface area contributed by atoms with Crippen LogP contribution in [0.2, 0.25) is 0 Å². The average molecular weight is 225 g/mol. The Kier molecular flexibility index (Phi) is 5.56. The molecule has 1 aromatic rings. The topological polar surface area (TPSA) is 67.3 Å². The number of aromatic nitrogens is 2. The normalized spacial score (nSPS) is 12.2. The number of nitrogens with zero attached hydrogens (tertiary/aromatic N) is 2. The summed E-state index contributed by atoms with van der Waals surface area (Å²) in [6, 6.07) is 1.76. The zero-order valence-electron chi connectivity index (χ0n) is 9.81. The van der Waals surface area contributed by atoms with Crippen molar-refractivity contribution >= 4 is 5.82 Å². The molecule has 0 aromatic carbocycles. The fraction of sp³-hybridized carbons (Fsp3) is 0.636. The minimum Gasteiger partial charge on any atom is -0.481 e. The quantitative estimate of drug-likeness (QED) is 0.685. The molecule has 0 aliphatic heterocycles. The first-order valence-electron chi connectivity index (χ1n) is 5.47. The molecule has 0 aliphatic rings. The van der Waals surface area contributed by atoms with Crippen molar-refractivity contribution in [1.29, 1.82) is 0 Å². The van der Waals surface area contributed by atoms with Crippen molar-refractivity contribution in [1.82, 2.24) is 9.97 Å². The van der Waals surface area contributed by atoms with E-state index in [4.69, 9.17) is 9.84 Å². The van der Waals surface area contributed by atoms with Crippen molar-refractivity contribution in [3.8, 4) is 5.88 Å². The highest BCUT2D eigenvalue weighted by Crippen LogP contribution is 2.10. The second-order valence-electron chi connectivity index (χ2n) is 3.80. The predicted molar refractivity (Wildman–Crippen MR) is 62.6 cm³/mol. The van der Waals surface area contributed by atoms with E-state index in [9.17, 15) is 0 Å². The first kappa shape index (κ1) is 12.7. The average Bonchev–Trinajstić information content (AvgIpc) is 2.34. The van der Waals surface area contributed by atoms with Crippen LogP contribution in [0.25, 0.3) is 0 Å². The lowest BCUT2D eigenvalue weighted by molar-refractivity contribution is 0.229. The highest BCUT2D eigenvalue weighted by Gasteiger charge is 2.00. The summed E-state index contributed by atoms with van der Waals surface area (Å²) in [5.41, 5.74) is 0. The van der Waals surface area contributed by atoms with Crippen LogP contribution < -0.4 is 10.1 Å². The van der Waals surface area contributed by atoms with Gasteiger partial charge in [0.15, 0.2) is 0 Å². The van der Waals surface area contributed by atoms with Crippen molar-refractivity contribution in [3.05, 3.63) is 12.4 Å². The lowest BCUT2D eigenvalue weighted by atomic mass is 10.1. The molecule has 0 fully saturated rings. The van der Waals surface area contributed by atoms with Crippen molar-refractivity contribution in [2.24, 2.45) is 5.92 Å². The standard InChI is InChI=1S/C11H19N3O2/c1-9(7-15)4-3-5-12-10-6-11(16-2)14-8-13-10/h6,8-9,15H,3-5,7H2,1-2H3,(H,12,13,14). The minimum absolute atomic E-state index is 0.251. The van der Waals surface area contributed by atoms with Crippen LogP contribution in [0.3, 0.4) is 0 Å². The molecule has 1 unspecified atom stereocenters. The Balaban J connectivity index is 2.26. The summed E-state index contributed by atoms with van der Waals surface area (Å²) in [4.78, 5) is 7.99. The molecule has 0 spiro atoms. The van der Waals surface area contributed by atoms with Gasteiger partial charge in [-0.1, -0.05) is 6.92 Å². The van der Waals surface area contributed by atoms with Crippen LogP contribution in [0, 0.1) is 5.92 Å². The van der Waals surface area contributed by atoms with Crippen LogP contribution in [0.1, 0.15) is 19.8 Å². The Bertz CT molecular complexity index is 307. The van der Waals surface area contributed by atoms with Crippen LogP contribution in [0.4, 0.5) is 5.82 Å². The van der Waals surface area contributed by atoms with Crippen molar-refractivity contribution < 1.29 is 9.84 Å². The van der Waals surface area contributed by atoms with Crippen LogP contribution in [0.5, 0.6) is 5.88 Å². The molecule has 0 saturated carbocycles. The summed E-state index contributed by atoms with van der Waals surface area (Å²) in [6.45, 7) is 3.12. The van der Waals surface area contributed by atoms with Crippen molar-refractivity contribution in [3.63, 3.8) is 0 Å². The zero-order chi connectivity index (χ0) is 11.8. The van der Waals surface area contributed by atoms with E-state index in [0.29, 0.717) is 11.8 Å². The van der Waals surface area contributed by atoms with Gasteiger partial charge in [0.05, 0.1) is 7.11 Å². The van der Waals surface area contributed by atoms with E-state index in [1.807, 2.05) is 6.92 Å². The van der Waals surface area contributed by atoms with Crippen molar-refractivity contribution in [2.45, 2.75) is 19.8 Å². The molecule has 0 bridgehead atoms. The van der Waals surface area contributed by atoms with Gasteiger partial charge in [-0.3, -0.25) is 0 Å². The van der Waals surface area contributed by atoms with Gasteiger partial charge in [-0.05, 0) is 18.8 Å². The summed E-state index contributed by atoms with van der Waals surface area (Å²) in [5.74, 6) is 1.69. The fourth-order valence-electron chi connectivity index (χ4n) is 1.31. The molecule has 0 radical (unpaired) electrons. The smallest absolute Gasteiger partial charge is 0.218 e. The maximum Gasteiger partial charge on any atom is 0.218 e. The number of hydrogen-bond donors (Lipinski definition) is 2. The summed E-state index contributed by atoms with van der Waals surface area (Å²) in [6.07, 6.45) is 3.48. The second-order valence-corrected chi connectivity index (χ2v) is 3.80. The summed E-state index contributed by atoms with van der Waals surface area (Å²) in [7, 11) is 1.58. The zero-order valence-corrected chi connectivity index (χ0v) is 9.81. The fourth-order valence-corrected chi connectivity index (χ4v) is 1.31. The molecule has 0 aliphatic carbocycles. The summed E-state index contributed by atoms with van der Waals surface area (Å²) in [5, 5.41) is 12.0. The van der Waals surface area contributed by atoms with E-state index in [2.05, 4.69) is 15.3 Å². The van der Waals surface area contributed by atoms with E-state index >= 15 is 0 Å². The van der Waals surface area contributed by atoms with E-state index in [0.717, 1.165) is 25.2 Å². The third kappa shape index (κ3) is 4.44. The van der Waals surface area contributed by atoms with Crippen LogP contribution in [-0.4, -0.2) is 35.3 Å². The molecular formula is C11H19N3O2. The van der Waals surface area contributed by atoms with Gasteiger partial charge in [-0.2, -0.15) is 0 Å². The van der Waals surface area contributed by atoms with Gasteiger partial charge in [0.1, 0.15) is 12.1 Å². The molecule has 0 saturated heterocycles. The number of anilines is 1. The molecule has 5 heteroatoms. The molecule has 0 amide bonds. The van der Waals surface area contributed by atoms with Crippen LogP contribution >= 0.6 is 0 Å². The lowest BCUT2D eigenvalue weighted by Gasteiger charge is -2.09. The Hall–Kier alpha value is -1.36. The van der Waals surface area contributed by atoms with Gasteiger partial charge in [0, 0.05) is 19.2 Å². The molecule has 1 rings (SSSR count). The van der Waals surface area contributed by atoms with E-state index in [1.54, 1.807) is 13.2 Å². The molecule has 2 N–H and O–H groups in total. The number of hydrogen-bond acceptors (Lipinski definition) is 5. The van der Waals surface area contributed by atoms with Gasteiger partial charge >= 0.3 is 0 Å². The lowest BCUT2D eigenvalue weighted by Crippen LogP contribution is -2.07. The van der Waals surface area contributed by atoms with Gasteiger partial charge in [0.25, 0.3) is 0 Å². The number of aliphatic hydroxyl groups is 1. The van der Waals surface area contributed by atoms with Gasteiger partial charge in [-0.15, -0.1) is 0 Å². The molecule has 1 aromatic heterocycles. The highest BCUT2D eigenvalue weighted by molar-refractivity contribution is 5.36. The van der Waals surface area contributed by atoms with E-state index in [-0.39, 0.29) is 6.61 Å². The minimum atomic E-state index is 0.251. The Morgan fingerprint density at radius 2 is 2.31 bits per heavy atom. The third-order valence-corrected chi connectivity index (χ3v) is 2.34. The molecule has 1 heterocycles. The third-order valence-electron chi connectivity index (χ3n) is 2.34. The molecule has 16 heavy (non-hydrogen) atoms. The number of aliphatic hydroxyl groups excluding tert-OH is 1. The maximum absolute atomic E-state index is 8.86. The molecule has 5 nitrogen and oxygen atoms in total. The van der Waals surface area contributed by atoms with Gasteiger partial charge < -0.3 is 15.2 Å². The van der Waals surface area contributed by atoms with Crippen LogP contribution in [-0.2, 0) is 0 Å². The maximum atomic E-state index is 8.86. The molecular weight excluding hydrogens is 206 g/mol. The van der Waals surface area contributed by atoms with E-state index in [1.165, 1.54) is 6.33 Å². The largest absolute Gasteiger partial charge is 0.481 e. The molecule has 1 atom stereocenters. The first-order chi connectivity index (χ1) is 7.76.